The third kappa shape index (κ3) is 5.08. The summed E-state index contributed by atoms with van der Waals surface area (Å²) in [6.07, 6.45) is 2.05. The lowest BCUT2D eigenvalue weighted by molar-refractivity contribution is 0.0942. The van der Waals surface area contributed by atoms with Gasteiger partial charge in [-0.05, 0) is 55.7 Å². The van der Waals surface area contributed by atoms with Crippen molar-refractivity contribution in [2.75, 3.05) is 26.9 Å². The number of amides is 1. The maximum absolute atomic E-state index is 13.1. The number of halogens is 1. The average molecular weight is 346 g/mol. The van der Waals surface area contributed by atoms with E-state index in [1.165, 1.54) is 17.7 Å². The van der Waals surface area contributed by atoms with Crippen LogP contribution in [-0.4, -0.2) is 37.7 Å². The molecule has 0 spiro atoms. The molecule has 1 atom stereocenters. The van der Waals surface area contributed by atoms with Crippen LogP contribution in [0.25, 0.3) is 0 Å². The molecule has 2 rings (SSSR count). The van der Waals surface area contributed by atoms with Crippen LogP contribution in [0.1, 0.15) is 27.5 Å². The number of hydrogen-bond donors (Lipinski definition) is 1. The molecule has 1 N–H and O–H groups in total. The zero-order valence-electron chi connectivity index (χ0n) is 14.3. The maximum Gasteiger partial charge on any atom is 0.251 e. The van der Waals surface area contributed by atoms with E-state index in [0.29, 0.717) is 12.1 Å². The van der Waals surface area contributed by atoms with Crippen molar-refractivity contribution >= 4 is 17.7 Å². The van der Waals surface area contributed by atoms with Gasteiger partial charge in [0.05, 0.1) is 6.04 Å². The number of carbonyl (C=O) groups is 1. The van der Waals surface area contributed by atoms with Crippen LogP contribution in [0.15, 0.2) is 48.5 Å². The predicted molar refractivity (Wildman–Crippen MR) is 98.8 cm³/mol. The molecule has 0 radical (unpaired) electrons. The van der Waals surface area contributed by atoms with E-state index in [9.17, 15) is 9.18 Å². The monoisotopic (exact) mass is 346 g/mol. The molecule has 0 fully saturated rings. The van der Waals surface area contributed by atoms with Gasteiger partial charge >= 0.3 is 0 Å². The lowest BCUT2D eigenvalue weighted by atomic mass is 10.1. The highest BCUT2D eigenvalue weighted by Crippen LogP contribution is 2.18. The molecule has 0 saturated carbocycles. The molecule has 5 heteroatoms. The summed E-state index contributed by atoms with van der Waals surface area (Å²) >= 11 is 1.75. The number of likely N-dealkylation sites (N-methyl/N-ethyl adjacent to an activating group) is 1. The fourth-order valence-corrected chi connectivity index (χ4v) is 3.02. The van der Waals surface area contributed by atoms with Crippen molar-refractivity contribution in [3.8, 4) is 0 Å². The molecule has 0 aromatic heterocycles. The fraction of sp³-hybridized carbons (Fsp3) is 0.316. The molecule has 3 nitrogen and oxygen atoms in total. The van der Waals surface area contributed by atoms with Crippen LogP contribution in [0.5, 0.6) is 0 Å². The number of carbonyl (C=O) groups excluding carboxylic acids is 1. The minimum atomic E-state index is -0.259. The Hall–Kier alpha value is -1.85. The molecule has 0 aliphatic rings. The summed E-state index contributed by atoms with van der Waals surface area (Å²) in [6, 6.07) is 14.0. The van der Waals surface area contributed by atoms with Gasteiger partial charge in [0.2, 0.25) is 0 Å². The van der Waals surface area contributed by atoms with E-state index >= 15 is 0 Å². The quantitative estimate of drug-likeness (QED) is 0.829. The maximum atomic E-state index is 13.1. The van der Waals surface area contributed by atoms with E-state index in [4.69, 9.17) is 0 Å². The fourth-order valence-electron chi connectivity index (χ4n) is 2.49. The zero-order chi connectivity index (χ0) is 17.5. The Labute approximate surface area is 147 Å². The van der Waals surface area contributed by atoms with Gasteiger partial charge in [-0.3, -0.25) is 4.79 Å². The van der Waals surface area contributed by atoms with Gasteiger partial charge in [-0.15, -0.1) is 0 Å². The first-order valence-electron chi connectivity index (χ1n) is 7.79. The van der Waals surface area contributed by atoms with E-state index in [1.54, 1.807) is 23.9 Å². The molecule has 0 saturated heterocycles. The van der Waals surface area contributed by atoms with Crippen LogP contribution in [0.2, 0.25) is 0 Å². The molecule has 2 aromatic carbocycles. The van der Waals surface area contributed by atoms with Crippen LogP contribution in [-0.2, 0) is 5.75 Å². The predicted octanol–water partition coefficient (Wildman–Crippen LogP) is 3.72. The molecule has 0 bridgehead atoms. The average Bonchev–Trinajstić information content (AvgIpc) is 2.57. The van der Waals surface area contributed by atoms with Crippen molar-refractivity contribution in [2.24, 2.45) is 0 Å². The first-order valence-corrected chi connectivity index (χ1v) is 9.18. The van der Waals surface area contributed by atoms with E-state index < -0.39 is 0 Å². The lowest BCUT2D eigenvalue weighted by Crippen LogP contribution is -2.34. The van der Waals surface area contributed by atoms with Crippen LogP contribution in [0.3, 0.4) is 0 Å². The van der Waals surface area contributed by atoms with Crippen LogP contribution >= 0.6 is 11.8 Å². The summed E-state index contributed by atoms with van der Waals surface area (Å²) in [5.41, 5.74) is 2.82. The van der Waals surface area contributed by atoms with Crippen molar-refractivity contribution in [1.82, 2.24) is 10.2 Å². The Morgan fingerprint density at radius 2 is 1.75 bits per heavy atom. The Morgan fingerprint density at radius 3 is 2.29 bits per heavy atom. The highest BCUT2D eigenvalue weighted by Gasteiger charge is 2.16. The minimum absolute atomic E-state index is 0.00897. The first-order chi connectivity index (χ1) is 11.5. The molecule has 2 aromatic rings. The van der Waals surface area contributed by atoms with E-state index in [1.807, 2.05) is 43.3 Å². The third-order valence-corrected chi connectivity index (χ3v) is 4.48. The second-order valence-electron chi connectivity index (χ2n) is 5.87. The second-order valence-corrected chi connectivity index (χ2v) is 6.74. The number of benzene rings is 2. The zero-order valence-corrected chi connectivity index (χ0v) is 15.1. The summed E-state index contributed by atoms with van der Waals surface area (Å²) in [6.45, 7) is 0.462. The van der Waals surface area contributed by atoms with Gasteiger partial charge in [0.1, 0.15) is 5.82 Å². The summed E-state index contributed by atoms with van der Waals surface area (Å²) in [7, 11) is 3.88. The second kappa shape index (κ2) is 8.85. The number of rotatable bonds is 7. The van der Waals surface area contributed by atoms with Crippen LogP contribution < -0.4 is 5.32 Å². The van der Waals surface area contributed by atoms with Crippen molar-refractivity contribution in [3.05, 3.63) is 71.0 Å². The van der Waals surface area contributed by atoms with Crippen LogP contribution in [0.4, 0.5) is 4.39 Å². The number of hydrogen-bond acceptors (Lipinski definition) is 3. The van der Waals surface area contributed by atoms with Crippen LogP contribution in [0, 0.1) is 5.82 Å². The Kier molecular flexibility index (Phi) is 6.82. The smallest absolute Gasteiger partial charge is 0.251 e. The van der Waals surface area contributed by atoms with Crippen molar-refractivity contribution in [3.63, 3.8) is 0 Å². The summed E-state index contributed by atoms with van der Waals surface area (Å²) in [4.78, 5) is 14.3. The van der Waals surface area contributed by atoms with Crippen molar-refractivity contribution < 1.29 is 9.18 Å². The Balaban J connectivity index is 2.00. The molecule has 128 valence electrons. The molecule has 0 aliphatic carbocycles. The molecule has 1 amide bonds. The highest BCUT2D eigenvalue weighted by atomic mass is 32.2. The largest absolute Gasteiger partial charge is 0.350 e. The van der Waals surface area contributed by atoms with Gasteiger partial charge in [-0.1, -0.05) is 24.3 Å². The molecule has 24 heavy (non-hydrogen) atoms. The Morgan fingerprint density at radius 1 is 1.12 bits per heavy atom. The highest BCUT2D eigenvalue weighted by molar-refractivity contribution is 7.97. The van der Waals surface area contributed by atoms with Gasteiger partial charge in [-0.25, -0.2) is 4.39 Å². The SMILES string of the molecule is CSCc1ccc(C(=O)NCC(c2ccc(F)cc2)N(C)C)cc1. The van der Waals surface area contributed by atoms with Gasteiger partial charge in [-0.2, -0.15) is 11.8 Å². The Bertz CT molecular complexity index is 656. The normalized spacial score (nSPS) is 12.2. The molecule has 0 heterocycles. The molecular formula is C19H23FN2OS. The number of nitrogens with zero attached hydrogens (tertiary/aromatic N) is 1. The van der Waals surface area contributed by atoms with Gasteiger partial charge < -0.3 is 10.2 Å². The lowest BCUT2D eigenvalue weighted by Gasteiger charge is -2.25. The van der Waals surface area contributed by atoms with Crippen molar-refractivity contribution in [1.29, 1.82) is 0 Å². The third-order valence-electron chi connectivity index (χ3n) is 3.86. The van der Waals surface area contributed by atoms with Gasteiger partial charge in [0, 0.05) is 17.9 Å². The van der Waals surface area contributed by atoms with E-state index in [0.717, 1.165) is 11.3 Å². The first kappa shape index (κ1) is 18.5. The number of nitrogens with one attached hydrogen (secondary N) is 1. The van der Waals surface area contributed by atoms with Gasteiger partial charge in [0.15, 0.2) is 0 Å². The summed E-state index contributed by atoms with van der Waals surface area (Å²) in [5.74, 6) is 0.583. The topological polar surface area (TPSA) is 32.3 Å². The molecular weight excluding hydrogens is 323 g/mol. The minimum Gasteiger partial charge on any atom is -0.350 e. The molecule has 1 unspecified atom stereocenters. The van der Waals surface area contributed by atoms with Crippen molar-refractivity contribution in [2.45, 2.75) is 11.8 Å². The van der Waals surface area contributed by atoms with Gasteiger partial charge in [0.25, 0.3) is 5.91 Å². The standard InChI is InChI=1S/C19H23FN2OS/c1-22(2)18(15-8-10-17(20)11-9-15)12-21-19(23)16-6-4-14(5-7-16)13-24-3/h4-11,18H,12-13H2,1-3H3,(H,21,23). The summed E-state index contributed by atoms with van der Waals surface area (Å²) < 4.78 is 13.1. The number of thioether (sulfide) groups is 1. The van der Waals surface area contributed by atoms with E-state index in [-0.39, 0.29) is 17.8 Å². The molecule has 0 aliphatic heterocycles. The van der Waals surface area contributed by atoms with E-state index in [2.05, 4.69) is 11.6 Å². The summed E-state index contributed by atoms with van der Waals surface area (Å²) in [5, 5.41) is 2.97.